The Labute approximate surface area is 199 Å². The normalized spacial score (nSPS) is 22.2. The average Bonchev–Trinajstić information content (AvgIpc) is 3.02. The van der Waals surface area contributed by atoms with Crippen molar-refractivity contribution in [1.82, 2.24) is 20.0 Å². The van der Waals surface area contributed by atoms with Gasteiger partial charge in [0.1, 0.15) is 5.82 Å². The highest BCUT2D eigenvalue weighted by atomic mass is 19.1. The van der Waals surface area contributed by atoms with E-state index in [1.54, 1.807) is 26.1 Å². The number of amides is 3. The smallest absolute Gasteiger partial charge is 0.338 e. The number of hydrogen-bond donors (Lipinski definition) is 1. The third-order valence-corrected chi connectivity index (χ3v) is 7.00. The molecule has 9 heteroatoms. The van der Waals surface area contributed by atoms with Crippen LogP contribution in [0.5, 0.6) is 0 Å². The second kappa shape index (κ2) is 10.5. The Morgan fingerprint density at radius 3 is 2.47 bits per heavy atom. The van der Waals surface area contributed by atoms with E-state index in [-0.39, 0.29) is 24.5 Å². The lowest BCUT2D eigenvalue weighted by Gasteiger charge is -2.36. The zero-order chi connectivity index (χ0) is 24.2. The van der Waals surface area contributed by atoms with Crippen molar-refractivity contribution in [2.45, 2.75) is 38.6 Å². The van der Waals surface area contributed by atoms with E-state index in [0.717, 1.165) is 38.8 Å². The summed E-state index contributed by atoms with van der Waals surface area (Å²) >= 11 is 0. The quantitative estimate of drug-likeness (QED) is 0.644. The first-order valence-corrected chi connectivity index (χ1v) is 12.1. The van der Waals surface area contributed by atoms with Gasteiger partial charge in [0, 0.05) is 51.4 Å². The van der Waals surface area contributed by atoms with Crippen LogP contribution in [0.2, 0.25) is 0 Å². The van der Waals surface area contributed by atoms with Crippen LogP contribution in [-0.2, 0) is 14.3 Å². The zero-order valence-electron chi connectivity index (χ0n) is 19.9. The monoisotopic (exact) mass is 472 g/mol. The van der Waals surface area contributed by atoms with E-state index in [1.807, 2.05) is 4.90 Å². The number of esters is 1. The summed E-state index contributed by atoms with van der Waals surface area (Å²) < 4.78 is 18.9. The highest BCUT2D eigenvalue weighted by molar-refractivity contribution is 5.95. The third kappa shape index (κ3) is 5.09. The van der Waals surface area contributed by atoms with Gasteiger partial charge in [-0.15, -0.1) is 0 Å². The molecule has 1 aromatic rings. The number of rotatable bonds is 6. The van der Waals surface area contributed by atoms with E-state index in [0.29, 0.717) is 36.5 Å². The topological polar surface area (TPSA) is 82.2 Å². The molecule has 1 aromatic carbocycles. The van der Waals surface area contributed by atoms with Crippen molar-refractivity contribution in [2.24, 2.45) is 5.92 Å². The van der Waals surface area contributed by atoms with Gasteiger partial charge in [-0.2, -0.15) is 0 Å². The number of benzene rings is 1. The molecule has 0 bridgehead atoms. The number of urea groups is 1. The minimum Gasteiger partial charge on any atom is -0.463 e. The predicted octanol–water partition coefficient (Wildman–Crippen LogP) is 2.67. The van der Waals surface area contributed by atoms with E-state index < -0.39 is 17.8 Å². The second-order valence-electron chi connectivity index (χ2n) is 9.16. The summed E-state index contributed by atoms with van der Waals surface area (Å²) in [5.41, 5.74) is 1.52. The molecule has 1 saturated carbocycles. The average molecular weight is 473 g/mol. The van der Waals surface area contributed by atoms with Crippen LogP contribution in [0.1, 0.15) is 44.2 Å². The van der Waals surface area contributed by atoms with Gasteiger partial charge in [0.05, 0.1) is 18.2 Å². The lowest BCUT2D eigenvalue weighted by atomic mass is 9.84. The van der Waals surface area contributed by atoms with Gasteiger partial charge in [-0.1, -0.05) is 18.6 Å². The Balaban J connectivity index is 1.59. The Kier molecular flexibility index (Phi) is 7.50. The standard InChI is InChI=1S/C25H33FN4O4/c1-3-34-24(32)21-20(28(2)25(33)27-22(21)17-8-10-19(26)11-9-17)16-29-12-5-13-30(15-14-29)23(31)18-6-4-7-18/h8-11,18,22H,3-7,12-16H2,1-2H3,(H,27,33). The molecule has 2 fully saturated rings. The van der Waals surface area contributed by atoms with Crippen LogP contribution < -0.4 is 5.32 Å². The summed E-state index contributed by atoms with van der Waals surface area (Å²) in [6.07, 6.45) is 3.93. The molecule has 1 saturated heterocycles. The van der Waals surface area contributed by atoms with Gasteiger partial charge in [-0.3, -0.25) is 14.6 Å². The molecule has 2 heterocycles. The molecule has 1 atom stereocenters. The van der Waals surface area contributed by atoms with Gasteiger partial charge in [0.15, 0.2) is 0 Å². The first-order valence-electron chi connectivity index (χ1n) is 12.1. The summed E-state index contributed by atoms with van der Waals surface area (Å²) in [5.74, 6) is -0.467. The van der Waals surface area contributed by atoms with Crippen molar-refractivity contribution in [1.29, 1.82) is 0 Å². The first kappa shape index (κ1) is 24.2. The number of likely N-dealkylation sites (N-methyl/N-ethyl adjacent to an activating group) is 1. The maximum atomic E-state index is 13.5. The molecular weight excluding hydrogens is 439 g/mol. The van der Waals surface area contributed by atoms with Crippen molar-refractivity contribution in [3.05, 3.63) is 46.9 Å². The van der Waals surface area contributed by atoms with Gasteiger partial charge < -0.3 is 15.0 Å². The maximum Gasteiger partial charge on any atom is 0.338 e. The van der Waals surface area contributed by atoms with E-state index in [1.165, 1.54) is 17.0 Å². The van der Waals surface area contributed by atoms with Crippen LogP contribution in [0, 0.1) is 11.7 Å². The summed E-state index contributed by atoms with van der Waals surface area (Å²) in [7, 11) is 1.63. The number of carbonyl (C=O) groups is 3. The molecule has 184 valence electrons. The van der Waals surface area contributed by atoms with Crippen molar-refractivity contribution in [3.63, 3.8) is 0 Å². The number of hydrogen-bond acceptors (Lipinski definition) is 5. The van der Waals surface area contributed by atoms with Crippen LogP contribution in [0.4, 0.5) is 9.18 Å². The molecule has 1 aliphatic carbocycles. The number of ether oxygens (including phenoxy) is 1. The van der Waals surface area contributed by atoms with E-state index in [2.05, 4.69) is 10.2 Å². The number of carbonyl (C=O) groups excluding carboxylic acids is 3. The van der Waals surface area contributed by atoms with Crippen LogP contribution >= 0.6 is 0 Å². The zero-order valence-corrected chi connectivity index (χ0v) is 19.9. The highest BCUT2D eigenvalue weighted by Crippen LogP contribution is 2.32. The van der Waals surface area contributed by atoms with Gasteiger partial charge in [-0.25, -0.2) is 14.0 Å². The number of halogens is 1. The van der Waals surface area contributed by atoms with E-state index >= 15 is 0 Å². The molecule has 2 aliphatic heterocycles. The lowest BCUT2D eigenvalue weighted by Crippen LogP contribution is -2.49. The van der Waals surface area contributed by atoms with Gasteiger partial charge in [0.25, 0.3) is 0 Å². The first-order chi connectivity index (χ1) is 16.4. The van der Waals surface area contributed by atoms with Crippen LogP contribution in [0.3, 0.4) is 0 Å². The molecule has 34 heavy (non-hydrogen) atoms. The van der Waals surface area contributed by atoms with Crippen LogP contribution in [0.15, 0.2) is 35.5 Å². The summed E-state index contributed by atoms with van der Waals surface area (Å²) in [6.45, 7) is 5.09. The third-order valence-electron chi connectivity index (χ3n) is 7.00. The van der Waals surface area contributed by atoms with Gasteiger partial charge >= 0.3 is 12.0 Å². The maximum absolute atomic E-state index is 13.5. The van der Waals surface area contributed by atoms with E-state index in [9.17, 15) is 18.8 Å². The molecule has 0 aromatic heterocycles. The molecule has 1 unspecified atom stereocenters. The fraction of sp³-hybridized carbons (Fsp3) is 0.560. The minimum absolute atomic E-state index is 0.175. The molecule has 0 spiro atoms. The van der Waals surface area contributed by atoms with Gasteiger partial charge in [-0.05, 0) is 43.9 Å². The van der Waals surface area contributed by atoms with E-state index in [4.69, 9.17) is 4.74 Å². The minimum atomic E-state index is -0.734. The van der Waals surface area contributed by atoms with Crippen LogP contribution in [-0.4, -0.2) is 79.0 Å². The Morgan fingerprint density at radius 2 is 1.82 bits per heavy atom. The SMILES string of the molecule is CCOC(=O)C1=C(CN2CCCN(C(=O)C3CCC3)CC2)N(C)C(=O)NC1c1ccc(F)cc1. The fourth-order valence-corrected chi connectivity index (χ4v) is 4.78. The molecular formula is C25H33FN4O4. The van der Waals surface area contributed by atoms with Crippen LogP contribution in [0.25, 0.3) is 0 Å². The van der Waals surface area contributed by atoms with Crippen molar-refractivity contribution >= 4 is 17.9 Å². The Bertz CT molecular complexity index is 960. The van der Waals surface area contributed by atoms with Crippen molar-refractivity contribution in [3.8, 4) is 0 Å². The summed E-state index contributed by atoms with van der Waals surface area (Å²) in [6, 6.07) is 4.68. The summed E-state index contributed by atoms with van der Waals surface area (Å²) in [4.78, 5) is 44.2. The second-order valence-corrected chi connectivity index (χ2v) is 9.16. The molecule has 3 amide bonds. The Morgan fingerprint density at radius 1 is 1.09 bits per heavy atom. The largest absolute Gasteiger partial charge is 0.463 e. The summed E-state index contributed by atoms with van der Waals surface area (Å²) in [5, 5.41) is 2.85. The van der Waals surface area contributed by atoms with Gasteiger partial charge in [0.2, 0.25) is 5.91 Å². The molecule has 3 aliphatic rings. The highest BCUT2D eigenvalue weighted by Gasteiger charge is 2.38. The number of nitrogens with one attached hydrogen (secondary N) is 1. The molecule has 4 rings (SSSR count). The lowest BCUT2D eigenvalue weighted by molar-refractivity contribution is -0.139. The molecule has 8 nitrogen and oxygen atoms in total. The Hall–Kier alpha value is -2.94. The molecule has 1 N–H and O–H groups in total. The van der Waals surface area contributed by atoms with Crippen molar-refractivity contribution in [2.75, 3.05) is 46.4 Å². The molecule has 0 radical (unpaired) electrons. The predicted molar refractivity (Wildman–Crippen MR) is 124 cm³/mol. The fourth-order valence-electron chi connectivity index (χ4n) is 4.78. The number of nitrogens with zero attached hydrogens (tertiary/aromatic N) is 3. The van der Waals surface area contributed by atoms with Crippen molar-refractivity contribution < 1.29 is 23.5 Å².